The van der Waals surface area contributed by atoms with Crippen molar-refractivity contribution in [3.05, 3.63) is 29.8 Å². The highest BCUT2D eigenvalue weighted by atomic mass is 16.5. The van der Waals surface area contributed by atoms with E-state index in [2.05, 4.69) is 0 Å². The Hall–Kier alpha value is -2.57. The van der Waals surface area contributed by atoms with E-state index in [9.17, 15) is 14.4 Å². The minimum Gasteiger partial charge on any atom is -0.497 e. The molecule has 1 aromatic carbocycles. The second-order valence-corrected chi connectivity index (χ2v) is 10.1. The number of rotatable bonds is 7. The number of carbonyl (C=O) groups excluding carboxylic acids is 3. The number of hydrogen-bond donors (Lipinski definition) is 0. The Morgan fingerprint density at radius 3 is 2.21 bits per heavy atom. The number of piperazine rings is 1. The molecule has 33 heavy (non-hydrogen) atoms. The molecule has 3 rings (SSSR count). The van der Waals surface area contributed by atoms with Gasteiger partial charge in [-0.05, 0) is 42.9 Å². The summed E-state index contributed by atoms with van der Waals surface area (Å²) in [4.78, 5) is 43.9. The second kappa shape index (κ2) is 10.6. The van der Waals surface area contributed by atoms with Gasteiger partial charge < -0.3 is 19.3 Å². The van der Waals surface area contributed by atoms with Crippen LogP contribution in [0.5, 0.6) is 5.75 Å². The summed E-state index contributed by atoms with van der Waals surface area (Å²) in [5.74, 6) is 0.0553. The van der Waals surface area contributed by atoms with Crippen LogP contribution in [0.1, 0.15) is 71.8 Å². The van der Waals surface area contributed by atoms with Gasteiger partial charge in [0.1, 0.15) is 17.8 Å². The number of nitrogens with zero attached hydrogens (tertiary/aromatic N) is 2. The highest BCUT2D eigenvalue weighted by molar-refractivity contribution is 5.99. The fraction of sp³-hybridized carbons (Fsp3) is 0.654. The number of methoxy groups -OCH3 is 1. The molecule has 7 heteroatoms. The first kappa shape index (κ1) is 25.1. The molecule has 2 atom stereocenters. The fourth-order valence-electron chi connectivity index (χ4n) is 5.16. The molecule has 1 aliphatic carbocycles. The minimum atomic E-state index is -0.823. The first-order valence-corrected chi connectivity index (χ1v) is 12.1. The SMILES string of the molecule is CCOC(=O)C[C@H]1C(=O)N(Cc2ccc(OC)cc2)[C@H](C(C)(C)C)C(=O)N1C1CCCCC1. The van der Waals surface area contributed by atoms with Crippen molar-refractivity contribution in [2.24, 2.45) is 5.41 Å². The Kier molecular flexibility index (Phi) is 8.03. The van der Waals surface area contributed by atoms with Gasteiger partial charge in [0, 0.05) is 12.6 Å². The molecule has 0 aromatic heterocycles. The van der Waals surface area contributed by atoms with Crippen LogP contribution in [-0.4, -0.2) is 59.4 Å². The van der Waals surface area contributed by atoms with Crippen LogP contribution >= 0.6 is 0 Å². The van der Waals surface area contributed by atoms with E-state index in [4.69, 9.17) is 9.47 Å². The smallest absolute Gasteiger partial charge is 0.308 e. The molecule has 0 bridgehead atoms. The van der Waals surface area contributed by atoms with Crippen molar-refractivity contribution in [2.75, 3.05) is 13.7 Å². The molecule has 0 N–H and O–H groups in total. The predicted molar refractivity (Wildman–Crippen MR) is 126 cm³/mol. The summed E-state index contributed by atoms with van der Waals surface area (Å²) in [5, 5.41) is 0. The molecular weight excluding hydrogens is 420 g/mol. The summed E-state index contributed by atoms with van der Waals surface area (Å²) in [6, 6.07) is 6.07. The summed E-state index contributed by atoms with van der Waals surface area (Å²) in [5.41, 5.74) is 0.452. The quantitative estimate of drug-likeness (QED) is 0.579. The lowest BCUT2D eigenvalue weighted by Gasteiger charge is -2.52. The monoisotopic (exact) mass is 458 g/mol. The molecule has 182 valence electrons. The number of benzene rings is 1. The maximum absolute atomic E-state index is 14.0. The van der Waals surface area contributed by atoms with Gasteiger partial charge in [0.2, 0.25) is 11.8 Å². The normalized spacial score (nSPS) is 22.5. The third kappa shape index (κ3) is 5.68. The maximum Gasteiger partial charge on any atom is 0.308 e. The number of esters is 1. The van der Waals surface area contributed by atoms with Crippen LogP contribution < -0.4 is 4.74 Å². The summed E-state index contributed by atoms with van der Waals surface area (Å²) in [6.45, 7) is 8.28. The zero-order valence-corrected chi connectivity index (χ0v) is 20.6. The average molecular weight is 459 g/mol. The van der Waals surface area contributed by atoms with Crippen molar-refractivity contribution < 1.29 is 23.9 Å². The molecule has 0 spiro atoms. The van der Waals surface area contributed by atoms with Gasteiger partial charge in [-0.25, -0.2) is 0 Å². The fourth-order valence-corrected chi connectivity index (χ4v) is 5.16. The van der Waals surface area contributed by atoms with Crippen LogP contribution in [0.2, 0.25) is 0 Å². The van der Waals surface area contributed by atoms with E-state index in [1.807, 2.05) is 45.0 Å². The third-order valence-electron chi connectivity index (χ3n) is 6.67. The summed E-state index contributed by atoms with van der Waals surface area (Å²) < 4.78 is 10.4. The van der Waals surface area contributed by atoms with Gasteiger partial charge in [0.25, 0.3) is 0 Å². The minimum absolute atomic E-state index is 0.0115. The van der Waals surface area contributed by atoms with Gasteiger partial charge >= 0.3 is 5.97 Å². The highest BCUT2D eigenvalue weighted by Gasteiger charge is 2.52. The van der Waals surface area contributed by atoms with Crippen LogP contribution in [0.3, 0.4) is 0 Å². The van der Waals surface area contributed by atoms with Gasteiger partial charge in [0.05, 0.1) is 20.1 Å². The lowest BCUT2D eigenvalue weighted by atomic mass is 9.80. The molecule has 0 radical (unpaired) electrons. The summed E-state index contributed by atoms with van der Waals surface area (Å²) in [6.07, 6.45) is 4.84. The zero-order chi connectivity index (χ0) is 24.2. The molecular formula is C26H38N2O5. The number of hydrogen-bond acceptors (Lipinski definition) is 5. The van der Waals surface area contributed by atoms with Gasteiger partial charge in [0.15, 0.2) is 0 Å². The second-order valence-electron chi connectivity index (χ2n) is 10.1. The number of amides is 2. The average Bonchev–Trinajstić information content (AvgIpc) is 2.77. The van der Waals surface area contributed by atoms with Crippen LogP contribution in [-0.2, 0) is 25.7 Å². The first-order valence-electron chi connectivity index (χ1n) is 12.1. The van der Waals surface area contributed by atoms with Crippen molar-refractivity contribution in [2.45, 2.75) is 90.9 Å². The molecule has 2 fully saturated rings. The Morgan fingerprint density at radius 1 is 1.03 bits per heavy atom. The predicted octanol–water partition coefficient (Wildman–Crippen LogP) is 3.94. The molecule has 0 unspecified atom stereocenters. The van der Waals surface area contributed by atoms with Crippen molar-refractivity contribution in [1.29, 1.82) is 0 Å². The Bertz CT molecular complexity index is 839. The lowest BCUT2D eigenvalue weighted by molar-refractivity contribution is -0.173. The molecule has 1 aliphatic heterocycles. The van der Waals surface area contributed by atoms with Gasteiger partial charge in [-0.1, -0.05) is 52.2 Å². The van der Waals surface area contributed by atoms with Gasteiger partial charge in [-0.2, -0.15) is 0 Å². The molecule has 1 aromatic rings. The topological polar surface area (TPSA) is 76.1 Å². The summed E-state index contributed by atoms with van der Waals surface area (Å²) >= 11 is 0. The molecule has 7 nitrogen and oxygen atoms in total. The summed E-state index contributed by atoms with van der Waals surface area (Å²) in [7, 11) is 1.61. The standard InChI is InChI=1S/C26H38N2O5/c1-6-33-22(29)16-21-24(30)27(17-18-12-14-20(32-5)15-13-18)23(26(2,3)4)25(31)28(21)19-10-8-7-9-11-19/h12-15,19,21,23H,6-11,16-17H2,1-5H3/t21-,23-/m0/s1. The van der Waals surface area contributed by atoms with Crippen LogP contribution in [0.15, 0.2) is 24.3 Å². The third-order valence-corrected chi connectivity index (χ3v) is 6.67. The van der Waals surface area contributed by atoms with E-state index in [0.29, 0.717) is 6.54 Å². The largest absolute Gasteiger partial charge is 0.497 e. The molecule has 1 heterocycles. The van der Waals surface area contributed by atoms with E-state index < -0.39 is 23.5 Å². The molecule has 2 aliphatic rings. The zero-order valence-electron chi connectivity index (χ0n) is 20.6. The number of ether oxygens (including phenoxy) is 2. The van der Waals surface area contributed by atoms with E-state index >= 15 is 0 Å². The highest BCUT2D eigenvalue weighted by Crippen LogP contribution is 2.37. The van der Waals surface area contributed by atoms with Crippen molar-refractivity contribution in [1.82, 2.24) is 9.80 Å². The number of carbonyl (C=O) groups is 3. The van der Waals surface area contributed by atoms with E-state index in [1.165, 1.54) is 0 Å². The molecule has 1 saturated carbocycles. The Balaban J connectivity index is 1.99. The Labute approximate surface area is 197 Å². The van der Waals surface area contributed by atoms with E-state index in [0.717, 1.165) is 43.4 Å². The van der Waals surface area contributed by atoms with Crippen molar-refractivity contribution in [3.63, 3.8) is 0 Å². The molecule has 1 saturated heterocycles. The maximum atomic E-state index is 14.0. The van der Waals surface area contributed by atoms with Crippen LogP contribution in [0.4, 0.5) is 0 Å². The van der Waals surface area contributed by atoms with Crippen LogP contribution in [0.25, 0.3) is 0 Å². The van der Waals surface area contributed by atoms with Gasteiger partial charge in [-0.15, -0.1) is 0 Å². The van der Waals surface area contributed by atoms with Crippen molar-refractivity contribution >= 4 is 17.8 Å². The van der Waals surface area contributed by atoms with Gasteiger partial charge in [-0.3, -0.25) is 14.4 Å². The van der Waals surface area contributed by atoms with Crippen LogP contribution in [0, 0.1) is 5.41 Å². The lowest BCUT2D eigenvalue weighted by Crippen LogP contribution is -2.69. The molecule has 2 amide bonds. The Morgan fingerprint density at radius 2 is 1.67 bits per heavy atom. The first-order chi connectivity index (χ1) is 15.7. The van der Waals surface area contributed by atoms with E-state index in [-0.39, 0.29) is 30.9 Å². The van der Waals surface area contributed by atoms with Crippen molar-refractivity contribution in [3.8, 4) is 5.75 Å². The van der Waals surface area contributed by atoms with E-state index in [1.54, 1.807) is 23.8 Å².